The Bertz CT molecular complexity index is 1550. The number of carbonyl (C=O) groups is 1. The van der Waals surface area contributed by atoms with E-state index >= 15 is 0 Å². The smallest absolute Gasteiger partial charge is 0.335 e. The van der Waals surface area contributed by atoms with Crippen molar-refractivity contribution in [1.82, 2.24) is 0 Å². The van der Waals surface area contributed by atoms with Crippen LogP contribution in [0.2, 0.25) is 5.02 Å². The summed E-state index contributed by atoms with van der Waals surface area (Å²) in [6.07, 6.45) is 10.3. The number of aryl methyl sites for hydroxylation is 1. The molecule has 0 amide bonds. The Morgan fingerprint density at radius 3 is 2.73 bits per heavy atom. The molecule has 4 N–H and O–H groups in total. The lowest BCUT2D eigenvalue weighted by molar-refractivity contribution is 0.0452. The van der Waals surface area contributed by atoms with Crippen molar-refractivity contribution >= 4 is 33.3 Å². The molecule has 4 aliphatic rings. The van der Waals surface area contributed by atoms with Gasteiger partial charge >= 0.3 is 5.97 Å². The molecular formula is C34H43ClN2O6S. The Kier molecular flexibility index (Phi) is 8.78. The predicted molar refractivity (Wildman–Crippen MR) is 172 cm³/mol. The van der Waals surface area contributed by atoms with Crippen molar-refractivity contribution < 1.29 is 28.2 Å². The first-order chi connectivity index (χ1) is 20.9. The number of aromatic carboxylic acids is 1. The maximum absolute atomic E-state index is 12.1. The molecule has 3 aliphatic carbocycles. The van der Waals surface area contributed by atoms with Gasteiger partial charge in [0, 0.05) is 23.5 Å². The zero-order valence-electron chi connectivity index (χ0n) is 25.2. The molecule has 44 heavy (non-hydrogen) atoms. The molecule has 10 heteroatoms. The fourth-order valence-corrected chi connectivity index (χ4v) is 9.78. The summed E-state index contributed by atoms with van der Waals surface area (Å²) in [5.74, 6) is -0.0684. The zero-order chi connectivity index (χ0) is 31.2. The third-order valence-electron chi connectivity index (χ3n) is 10.9. The first-order valence-electron chi connectivity index (χ1n) is 15.9. The second kappa shape index (κ2) is 12.3. The molecule has 0 bridgehead atoms. The number of aliphatic hydroxyl groups excluding tert-OH is 1. The number of sulfonamides is 1. The van der Waals surface area contributed by atoms with Crippen molar-refractivity contribution in [3.8, 4) is 5.75 Å². The molecule has 0 aromatic heterocycles. The Balaban J connectivity index is 1.24. The van der Waals surface area contributed by atoms with E-state index in [-0.39, 0.29) is 34.7 Å². The third-order valence-corrected chi connectivity index (χ3v) is 12.7. The van der Waals surface area contributed by atoms with Gasteiger partial charge in [-0.2, -0.15) is 0 Å². The lowest BCUT2D eigenvalue weighted by atomic mass is 9.68. The molecule has 2 aromatic carbocycles. The Morgan fingerprint density at radius 1 is 1.18 bits per heavy atom. The van der Waals surface area contributed by atoms with Gasteiger partial charge in [0.15, 0.2) is 0 Å². The van der Waals surface area contributed by atoms with Crippen molar-refractivity contribution in [2.45, 2.75) is 75.1 Å². The van der Waals surface area contributed by atoms with Gasteiger partial charge in [0.1, 0.15) is 5.75 Å². The molecule has 2 fully saturated rings. The number of primary sulfonamides is 1. The number of carboxylic acid groups (broad SMARTS) is 1. The van der Waals surface area contributed by atoms with Crippen LogP contribution in [0.3, 0.4) is 0 Å². The number of nitrogens with zero attached hydrogens (tertiary/aromatic N) is 1. The zero-order valence-corrected chi connectivity index (χ0v) is 26.8. The summed E-state index contributed by atoms with van der Waals surface area (Å²) >= 11 is 6.38. The highest BCUT2D eigenvalue weighted by Crippen LogP contribution is 2.47. The summed E-state index contributed by atoms with van der Waals surface area (Å²) in [5.41, 5.74) is 3.22. The van der Waals surface area contributed by atoms with Gasteiger partial charge < -0.3 is 19.8 Å². The fraction of sp³-hybridized carbons (Fsp3) is 0.559. The van der Waals surface area contributed by atoms with Crippen LogP contribution in [0.4, 0.5) is 5.69 Å². The number of fused-ring (bicyclic) bond motifs is 3. The molecular weight excluding hydrogens is 600 g/mol. The molecule has 1 heterocycles. The maximum Gasteiger partial charge on any atom is 0.335 e. The number of ether oxygens (including phenoxy) is 1. The molecule has 2 saturated carbocycles. The number of halogens is 1. The summed E-state index contributed by atoms with van der Waals surface area (Å²) in [7, 11) is -3.61. The van der Waals surface area contributed by atoms with Crippen LogP contribution in [0.5, 0.6) is 5.75 Å². The lowest BCUT2D eigenvalue weighted by Crippen LogP contribution is -2.49. The van der Waals surface area contributed by atoms with Gasteiger partial charge in [0.05, 0.1) is 29.2 Å². The largest absolute Gasteiger partial charge is 0.490 e. The molecule has 0 unspecified atom stereocenters. The molecule has 1 spiro atoms. The first-order valence-corrected chi connectivity index (χ1v) is 17.9. The second-order valence-corrected chi connectivity index (χ2v) is 15.8. The topological polar surface area (TPSA) is 130 Å². The van der Waals surface area contributed by atoms with E-state index in [0.717, 1.165) is 55.7 Å². The molecule has 0 saturated heterocycles. The average Bonchev–Trinajstić information content (AvgIpc) is 3.11. The van der Waals surface area contributed by atoms with E-state index in [1.54, 1.807) is 18.2 Å². The van der Waals surface area contributed by atoms with E-state index in [1.165, 1.54) is 11.1 Å². The number of hydrogen-bond acceptors (Lipinski definition) is 6. The van der Waals surface area contributed by atoms with E-state index in [1.807, 2.05) is 25.1 Å². The summed E-state index contributed by atoms with van der Waals surface area (Å²) in [5, 5.41) is 26.8. The number of rotatable bonds is 7. The molecule has 0 radical (unpaired) electrons. The van der Waals surface area contributed by atoms with Crippen molar-refractivity contribution in [2.75, 3.05) is 24.6 Å². The normalized spacial score (nSPS) is 31.0. The second-order valence-electron chi connectivity index (χ2n) is 13.6. The number of carboxylic acids is 1. The third kappa shape index (κ3) is 6.13. The Morgan fingerprint density at radius 2 is 2.00 bits per heavy atom. The first kappa shape index (κ1) is 31.4. The molecule has 1 aliphatic heterocycles. The number of allylic oxidation sites excluding steroid dienone is 1. The average molecular weight is 643 g/mol. The quantitative estimate of drug-likeness (QED) is 0.338. The minimum atomic E-state index is -3.61. The van der Waals surface area contributed by atoms with E-state index in [4.69, 9.17) is 21.5 Å². The van der Waals surface area contributed by atoms with E-state index in [0.29, 0.717) is 31.9 Å². The standard InChI is InChI=1S/C34H43ClN2O6S/c1-21-22(4-2-6-32(21)44(36,41)42)8-13-30(38)27-11-7-25(27)18-37-19-34(15-3-5-23-16-26(35)10-12-28(23)34)20-43-31-14-9-24(33(39)40)17-29(31)37/h8-10,12-14,16-17,21-22,25,27,30,32,38H,2-7,11,15,18-20H2,1H3,(H,39,40)(H2,36,41,42)/b13-8+/t21-,22-,25-,27+,30-,32+,34-/m0/s1. The SMILES string of the molecule is C[C@H]1[C@H](/C=C/[C@H](O)[C@@H]2CC[C@H]2CN2C[C@@]3(CCCc4cc(Cl)ccc43)COc3ccc(C(=O)O)cc32)CCC[C@H]1S(N)(=O)=O. The van der Waals surface area contributed by atoms with Crippen LogP contribution >= 0.6 is 11.6 Å². The van der Waals surface area contributed by atoms with Gasteiger partial charge in [-0.1, -0.05) is 43.2 Å². The van der Waals surface area contributed by atoms with Crippen molar-refractivity contribution in [2.24, 2.45) is 28.8 Å². The molecule has 238 valence electrons. The Hall–Kier alpha value is -2.59. The van der Waals surface area contributed by atoms with Gasteiger partial charge in [-0.15, -0.1) is 0 Å². The highest BCUT2D eigenvalue weighted by atomic mass is 35.5. The van der Waals surface area contributed by atoms with E-state index in [9.17, 15) is 23.4 Å². The minimum Gasteiger partial charge on any atom is -0.490 e. The summed E-state index contributed by atoms with van der Waals surface area (Å²) in [6, 6.07) is 11.2. The summed E-state index contributed by atoms with van der Waals surface area (Å²) in [4.78, 5) is 14.2. The number of benzene rings is 2. The number of aliphatic hydroxyl groups is 1. The van der Waals surface area contributed by atoms with Crippen LogP contribution in [0, 0.1) is 23.7 Å². The van der Waals surface area contributed by atoms with Crippen molar-refractivity contribution in [3.05, 3.63) is 70.3 Å². The van der Waals surface area contributed by atoms with Crippen molar-refractivity contribution in [3.63, 3.8) is 0 Å². The predicted octanol–water partition coefficient (Wildman–Crippen LogP) is 5.55. The van der Waals surface area contributed by atoms with Gasteiger partial charge in [-0.3, -0.25) is 0 Å². The number of hydrogen-bond donors (Lipinski definition) is 3. The van der Waals surface area contributed by atoms with Crippen molar-refractivity contribution in [1.29, 1.82) is 0 Å². The number of anilines is 1. The summed E-state index contributed by atoms with van der Waals surface area (Å²) < 4.78 is 30.7. The molecule has 8 nitrogen and oxygen atoms in total. The van der Waals surface area contributed by atoms with Gasteiger partial charge in [0.25, 0.3) is 0 Å². The molecule has 2 aromatic rings. The number of nitrogens with two attached hydrogens (primary N) is 1. The van der Waals surface area contributed by atoms with Crippen LogP contribution in [-0.4, -0.2) is 55.7 Å². The van der Waals surface area contributed by atoms with Crippen LogP contribution < -0.4 is 14.8 Å². The monoisotopic (exact) mass is 642 g/mol. The fourth-order valence-electron chi connectivity index (χ4n) is 8.29. The van der Waals surface area contributed by atoms with E-state index in [2.05, 4.69) is 17.0 Å². The van der Waals surface area contributed by atoms with Gasteiger partial charge in [-0.05, 0) is 110 Å². The Labute approximate surface area is 265 Å². The van der Waals surface area contributed by atoms with Crippen LogP contribution in [-0.2, 0) is 21.9 Å². The van der Waals surface area contributed by atoms with Gasteiger partial charge in [0.2, 0.25) is 10.0 Å². The minimum absolute atomic E-state index is 0.0582. The van der Waals surface area contributed by atoms with Gasteiger partial charge in [-0.25, -0.2) is 18.4 Å². The highest BCUT2D eigenvalue weighted by Gasteiger charge is 2.44. The molecule has 6 rings (SSSR count). The van der Waals surface area contributed by atoms with E-state index < -0.39 is 27.3 Å². The molecule has 7 atom stereocenters. The van der Waals surface area contributed by atoms with Crippen LogP contribution in [0.15, 0.2) is 48.6 Å². The summed E-state index contributed by atoms with van der Waals surface area (Å²) in [6.45, 7) is 3.80. The van der Waals surface area contributed by atoms with Crippen LogP contribution in [0.25, 0.3) is 0 Å². The highest BCUT2D eigenvalue weighted by molar-refractivity contribution is 7.89. The van der Waals surface area contributed by atoms with Crippen LogP contribution in [0.1, 0.15) is 73.4 Å². The lowest BCUT2D eigenvalue weighted by Gasteiger charge is -2.45. The maximum atomic E-state index is 12.1.